The molecule has 1 fully saturated rings. The molecular formula is C21H25Cl2N3O5S2. The Morgan fingerprint density at radius 3 is 2.39 bits per heavy atom. The lowest BCUT2D eigenvalue weighted by molar-refractivity contribution is -0.126. The van der Waals surface area contributed by atoms with Crippen LogP contribution in [0.25, 0.3) is 0 Å². The number of piperidine rings is 1. The summed E-state index contributed by atoms with van der Waals surface area (Å²) in [4.78, 5) is 12.8. The predicted molar refractivity (Wildman–Crippen MR) is 127 cm³/mol. The molecule has 3 rings (SSSR count). The van der Waals surface area contributed by atoms with Crippen molar-refractivity contribution < 1.29 is 21.6 Å². The Morgan fingerprint density at radius 2 is 1.76 bits per heavy atom. The first-order valence-electron chi connectivity index (χ1n) is 10.2. The Morgan fingerprint density at radius 1 is 1.09 bits per heavy atom. The average molecular weight is 534 g/mol. The molecule has 1 amide bonds. The van der Waals surface area contributed by atoms with Gasteiger partial charge in [0, 0.05) is 38.8 Å². The number of nitrogens with one attached hydrogen (secondary N) is 1. The Labute approximate surface area is 204 Å². The second-order valence-corrected chi connectivity index (χ2v) is 12.8. The molecule has 12 heteroatoms. The van der Waals surface area contributed by atoms with E-state index in [1.54, 1.807) is 12.1 Å². The number of hydrogen-bond acceptors (Lipinski definition) is 5. The summed E-state index contributed by atoms with van der Waals surface area (Å²) in [5, 5.41) is 3.15. The van der Waals surface area contributed by atoms with Crippen LogP contribution in [0.5, 0.6) is 0 Å². The predicted octanol–water partition coefficient (Wildman–Crippen LogP) is 2.96. The summed E-state index contributed by atoms with van der Waals surface area (Å²) in [7, 11) is -4.51. The van der Waals surface area contributed by atoms with Crippen LogP contribution in [-0.2, 0) is 31.4 Å². The molecule has 180 valence electrons. The number of benzene rings is 2. The minimum absolute atomic E-state index is 0.0387. The van der Waals surface area contributed by atoms with Crippen LogP contribution in [0.1, 0.15) is 18.4 Å². The lowest BCUT2D eigenvalue weighted by Crippen LogP contribution is -2.45. The van der Waals surface area contributed by atoms with Crippen molar-refractivity contribution in [3.05, 3.63) is 58.1 Å². The Bertz CT molecular complexity index is 1230. The number of carbonyl (C=O) groups is 1. The van der Waals surface area contributed by atoms with Gasteiger partial charge in [-0.3, -0.25) is 4.79 Å². The maximum Gasteiger partial charge on any atom is 0.244 e. The number of carbonyl (C=O) groups excluding carboxylic acids is 1. The van der Waals surface area contributed by atoms with Crippen LogP contribution < -0.4 is 5.32 Å². The third kappa shape index (κ3) is 5.87. The van der Waals surface area contributed by atoms with E-state index in [-0.39, 0.29) is 45.4 Å². The molecule has 0 aromatic heterocycles. The largest absolute Gasteiger partial charge is 0.352 e. The Hall–Kier alpha value is -1.69. The molecule has 0 radical (unpaired) electrons. The number of halogens is 2. The number of hydrogen-bond donors (Lipinski definition) is 1. The minimum atomic E-state index is -3.90. The molecule has 1 heterocycles. The number of sulfonamides is 2. The quantitative estimate of drug-likeness (QED) is 0.589. The van der Waals surface area contributed by atoms with Gasteiger partial charge in [0.25, 0.3) is 0 Å². The van der Waals surface area contributed by atoms with Crippen molar-refractivity contribution in [3.63, 3.8) is 0 Å². The van der Waals surface area contributed by atoms with Crippen LogP contribution in [0, 0.1) is 5.92 Å². The summed E-state index contributed by atoms with van der Waals surface area (Å²) in [5.41, 5.74) is 0.729. The van der Waals surface area contributed by atoms with Gasteiger partial charge in [0.05, 0.1) is 15.8 Å². The van der Waals surface area contributed by atoms with Crippen molar-refractivity contribution in [2.45, 2.75) is 29.2 Å². The molecule has 1 aliphatic heterocycles. The first-order valence-corrected chi connectivity index (χ1v) is 13.8. The van der Waals surface area contributed by atoms with Gasteiger partial charge < -0.3 is 5.32 Å². The van der Waals surface area contributed by atoms with E-state index in [2.05, 4.69) is 5.32 Å². The Balaban J connectivity index is 1.65. The van der Waals surface area contributed by atoms with Gasteiger partial charge in [0.1, 0.15) is 4.90 Å². The molecule has 0 aliphatic carbocycles. The molecule has 1 N–H and O–H groups in total. The smallest absolute Gasteiger partial charge is 0.244 e. The molecule has 33 heavy (non-hydrogen) atoms. The van der Waals surface area contributed by atoms with Gasteiger partial charge in [-0.2, -0.15) is 4.31 Å². The molecule has 0 saturated carbocycles. The van der Waals surface area contributed by atoms with Crippen molar-refractivity contribution in [3.8, 4) is 0 Å². The zero-order chi connectivity index (χ0) is 24.4. The van der Waals surface area contributed by atoms with Crippen molar-refractivity contribution in [2.24, 2.45) is 5.92 Å². The zero-order valence-corrected chi connectivity index (χ0v) is 21.3. The monoisotopic (exact) mass is 533 g/mol. The van der Waals surface area contributed by atoms with E-state index in [0.29, 0.717) is 12.8 Å². The van der Waals surface area contributed by atoms with Gasteiger partial charge in [-0.15, -0.1) is 0 Å². The Kier molecular flexibility index (Phi) is 8.08. The maximum absolute atomic E-state index is 13.1. The van der Waals surface area contributed by atoms with Gasteiger partial charge >= 0.3 is 0 Å². The summed E-state index contributed by atoms with van der Waals surface area (Å²) in [6, 6.07) is 10.5. The lowest BCUT2D eigenvalue weighted by Gasteiger charge is -2.31. The van der Waals surface area contributed by atoms with Crippen LogP contribution in [0.4, 0.5) is 0 Å². The fourth-order valence-corrected chi connectivity index (χ4v) is 6.67. The van der Waals surface area contributed by atoms with E-state index in [0.717, 1.165) is 9.87 Å². The van der Waals surface area contributed by atoms with Crippen LogP contribution in [0.2, 0.25) is 10.0 Å². The summed E-state index contributed by atoms with van der Waals surface area (Å²) >= 11 is 12.0. The standard InChI is InChI=1S/C21H25Cl2N3O5S2/c1-25(2)32(28,29)18-8-5-15(6-9-18)13-24-21(27)16-4-3-11-26(14-16)33(30,31)20-12-17(22)7-10-19(20)23/h5-10,12,16H,3-4,11,13-14H2,1-2H3,(H,24,27)/t16-/m1/s1. The molecule has 1 saturated heterocycles. The summed E-state index contributed by atoms with van der Waals surface area (Å²) in [6.45, 7) is 0.526. The zero-order valence-electron chi connectivity index (χ0n) is 18.2. The third-order valence-corrected chi connectivity index (χ3v) is 9.85. The topological polar surface area (TPSA) is 104 Å². The van der Waals surface area contributed by atoms with E-state index >= 15 is 0 Å². The normalized spacial score (nSPS) is 17.8. The SMILES string of the molecule is CN(C)S(=O)(=O)c1ccc(CNC(=O)[C@@H]2CCCN(S(=O)(=O)c3cc(Cl)ccc3Cl)C2)cc1. The van der Waals surface area contributed by atoms with E-state index in [1.165, 1.54) is 48.7 Å². The van der Waals surface area contributed by atoms with E-state index in [9.17, 15) is 21.6 Å². The van der Waals surface area contributed by atoms with Crippen LogP contribution in [0.15, 0.2) is 52.3 Å². The number of rotatable bonds is 7. The van der Waals surface area contributed by atoms with Crippen molar-refractivity contribution in [1.82, 2.24) is 13.9 Å². The van der Waals surface area contributed by atoms with Gasteiger partial charge in [-0.05, 0) is 48.7 Å². The molecule has 8 nitrogen and oxygen atoms in total. The minimum Gasteiger partial charge on any atom is -0.352 e. The molecule has 0 unspecified atom stereocenters. The van der Waals surface area contributed by atoms with Gasteiger partial charge in [0.15, 0.2) is 0 Å². The molecule has 0 spiro atoms. The van der Waals surface area contributed by atoms with Crippen molar-refractivity contribution >= 4 is 49.2 Å². The highest BCUT2D eigenvalue weighted by Crippen LogP contribution is 2.30. The van der Waals surface area contributed by atoms with Gasteiger partial charge in [-0.25, -0.2) is 21.1 Å². The van der Waals surface area contributed by atoms with E-state index in [1.807, 2.05) is 0 Å². The van der Waals surface area contributed by atoms with Crippen molar-refractivity contribution in [2.75, 3.05) is 27.2 Å². The first kappa shape index (κ1) is 25.9. The number of amides is 1. The summed E-state index contributed by atoms with van der Waals surface area (Å²) in [6.07, 6.45) is 1.09. The summed E-state index contributed by atoms with van der Waals surface area (Å²) < 4.78 is 52.8. The first-order chi connectivity index (χ1) is 15.4. The molecule has 2 aromatic carbocycles. The summed E-state index contributed by atoms with van der Waals surface area (Å²) in [5.74, 6) is -0.781. The fourth-order valence-electron chi connectivity index (χ4n) is 3.51. The average Bonchev–Trinajstić information content (AvgIpc) is 2.79. The van der Waals surface area contributed by atoms with E-state index < -0.39 is 26.0 Å². The van der Waals surface area contributed by atoms with Crippen LogP contribution >= 0.6 is 23.2 Å². The molecule has 2 aromatic rings. The second kappa shape index (κ2) is 10.3. The van der Waals surface area contributed by atoms with Crippen LogP contribution in [0.3, 0.4) is 0 Å². The molecule has 1 atom stereocenters. The number of nitrogens with zero attached hydrogens (tertiary/aromatic N) is 2. The highest BCUT2D eigenvalue weighted by atomic mass is 35.5. The maximum atomic E-state index is 13.1. The molecular weight excluding hydrogens is 509 g/mol. The molecule has 1 aliphatic rings. The fraction of sp³-hybridized carbons (Fsp3) is 0.381. The highest BCUT2D eigenvalue weighted by Gasteiger charge is 2.34. The second-order valence-electron chi connectivity index (χ2n) is 7.93. The van der Waals surface area contributed by atoms with Gasteiger partial charge in [-0.1, -0.05) is 35.3 Å². The van der Waals surface area contributed by atoms with E-state index in [4.69, 9.17) is 23.2 Å². The van der Waals surface area contributed by atoms with Crippen molar-refractivity contribution in [1.29, 1.82) is 0 Å². The molecule has 0 bridgehead atoms. The lowest BCUT2D eigenvalue weighted by atomic mass is 9.99. The highest BCUT2D eigenvalue weighted by molar-refractivity contribution is 7.89. The van der Waals surface area contributed by atoms with Crippen LogP contribution in [-0.4, -0.2) is 58.5 Å². The van der Waals surface area contributed by atoms with Gasteiger partial charge in [0.2, 0.25) is 26.0 Å². The third-order valence-electron chi connectivity index (χ3n) is 5.43.